The van der Waals surface area contributed by atoms with E-state index in [2.05, 4.69) is 30.7 Å². The van der Waals surface area contributed by atoms with Crippen molar-refractivity contribution in [2.75, 3.05) is 0 Å². The fourth-order valence-electron chi connectivity index (χ4n) is 3.94. The zero-order valence-electron chi connectivity index (χ0n) is 14.8. The lowest BCUT2D eigenvalue weighted by Crippen LogP contribution is -2.38. The SMILES string of the molecule is CC(C)(C)c1ncc2c(n1)CC1CCC2N1Cc1ccc(C(=O)O)o1. The van der Waals surface area contributed by atoms with Crippen LogP contribution in [0.4, 0.5) is 0 Å². The highest BCUT2D eigenvalue weighted by Gasteiger charge is 2.41. The number of carboxylic acid groups (broad SMARTS) is 1. The average Bonchev–Trinajstić information content (AvgIpc) is 3.11. The van der Waals surface area contributed by atoms with Crippen molar-refractivity contribution in [3.8, 4) is 0 Å². The van der Waals surface area contributed by atoms with E-state index in [0.29, 0.717) is 24.4 Å². The van der Waals surface area contributed by atoms with Gasteiger partial charge in [-0.2, -0.15) is 0 Å². The van der Waals surface area contributed by atoms with Gasteiger partial charge < -0.3 is 9.52 Å². The molecule has 132 valence electrons. The molecule has 6 heteroatoms. The number of aromatic nitrogens is 2. The fraction of sp³-hybridized carbons (Fsp3) is 0.526. The van der Waals surface area contributed by atoms with E-state index in [9.17, 15) is 4.79 Å². The van der Waals surface area contributed by atoms with Crippen LogP contribution in [-0.4, -0.2) is 32.0 Å². The van der Waals surface area contributed by atoms with Crippen LogP contribution >= 0.6 is 0 Å². The van der Waals surface area contributed by atoms with Crippen molar-refractivity contribution >= 4 is 5.97 Å². The summed E-state index contributed by atoms with van der Waals surface area (Å²) in [7, 11) is 0. The van der Waals surface area contributed by atoms with E-state index < -0.39 is 5.97 Å². The summed E-state index contributed by atoms with van der Waals surface area (Å²) >= 11 is 0. The van der Waals surface area contributed by atoms with Crippen LogP contribution in [0.5, 0.6) is 0 Å². The van der Waals surface area contributed by atoms with Crippen molar-refractivity contribution in [1.29, 1.82) is 0 Å². The van der Waals surface area contributed by atoms with Crippen LogP contribution < -0.4 is 0 Å². The molecule has 0 aliphatic carbocycles. The molecule has 0 spiro atoms. The molecule has 25 heavy (non-hydrogen) atoms. The monoisotopic (exact) mass is 341 g/mol. The molecule has 2 aliphatic heterocycles. The average molecular weight is 341 g/mol. The number of carboxylic acids is 1. The second-order valence-electron chi connectivity index (χ2n) is 8.04. The lowest BCUT2D eigenvalue weighted by molar-refractivity contribution is 0.0656. The summed E-state index contributed by atoms with van der Waals surface area (Å²) in [6.45, 7) is 7.03. The first-order valence-electron chi connectivity index (χ1n) is 8.77. The molecule has 6 nitrogen and oxygen atoms in total. The maximum atomic E-state index is 11.0. The first-order valence-corrected chi connectivity index (χ1v) is 8.77. The molecule has 0 amide bonds. The molecule has 2 unspecified atom stereocenters. The lowest BCUT2D eigenvalue weighted by atomic mass is 9.93. The third-order valence-corrected chi connectivity index (χ3v) is 5.21. The Labute approximate surface area is 146 Å². The van der Waals surface area contributed by atoms with Gasteiger partial charge in [0.05, 0.1) is 12.2 Å². The Morgan fingerprint density at radius 1 is 1.36 bits per heavy atom. The first kappa shape index (κ1) is 16.3. The van der Waals surface area contributed by atoms with Crippen molar-refractivity contribution in [2.24, 2.45) is 0 Å². The number of furan rings is 1. The summed E-state index contributed by atoms with van der Waals surface area (Å²) < 4.78 is 5.45. The molecular weight excluding hydrogens is 318 g/mol. The van der Waals surface area contributed by atoms with Crippen LogP contribution in [0.15, 0.2) is 22.7 Å². The van der Waals surface area contributed by atoms with Crippen molar-refractivity contribution in [1.82, 2.24) is 14.9 Å². The number of fused-ring (bicyclic) bond motifs is 4. The molecule has 0 radical (unpaired) electrons. The number of hydrogen-bond acceptors (Lipinski definition) is 5. The lowest BCUT2D eigenvalue weighted by Gasteiger charge is -2.35. The van der Waals surface area contributed by atoms with Gasteiger partial charge in [0.2, 0.25) is 5.76 Å². The third kappa shape index (κ3) is 2.84. The summed E-state index contributed by atoms with van der Waals surface area (Å²) in [6, 6.07) is 4.01. The van der Waals surface area contributed by atoms with E-state index in [4.69, 9.17) is 14.5 Å². The third-order valence-electron chi connectivity index (χ3n) is 5.21. The molecular formula is C19H23N3O3. The highest BCUT2D eigenvalue weighted by atomic mass is 16.4. The maximum Gasteiger partial charge on any atom is 0.371 e. The molecule has 2 bridgehead atoms. The molecule has 0 aromatic carbocycles. The van der Waals surface area contributed by atoms with Crippen molar-refractivity contribution in [2.45, 2.75) is 64.1 Å². The molecule has 4 heterocycles. The van der Waals surface area contributed by atoms with E-state index >= 15 is 0 Å². The number of aromatic carboxylic acids is 1. The van der Waals surface area contributed by atoms with Gasteiger partial charge in [-0.15, -0.1) is 0 Å². The molecule has 1 N–H and O–H groups in total. The molecule has 4 rings (SSSR count). The van der Waals surface area contributed by atoms with Crippen LogP contribution in [0.2, 0.25) is 0 Å². The van der Waals surface area contributed by atoms with Crippen molar-refractivity contribution in [3.05, 3.63) is 46.9 Å². The molecule has 2 atom stereocenters. The summed E-state index contributed by atoms with van der Waals surface area (Å²) in [4.78, 5) is 22.9. The van der Waals surface area contributed by atoms with E-state index in [1.54, 1.807) is 6.07 Å². The van der Waals surface area contributed by atoms with Crippen molar-refractivity contribution in [3.63, 3.8) is 0 Å². The molecule has 2 aromatic heterocycles. The van der Waals surface area contributed by atoms with Crippen LogP contribution in [0.25, 0.3) is 0 Å². The molecule has 2 aromatic rings. The Balaban J connectivity index is 1.60. The highest BCUT2D eigenvalue weighted by molar-refractivity contribution is 5.84. The van der Waals surface area contributed by atoms with Gasteiger partial charge in [0.25, 0.3) is 0 Å². The Hall–Kier alpha value is -2.21. The predicted octanol–water partition coefficient (Wildman–Crippen LogP) is 3.33. The Bertz CT molecular complexity index is 822. The minimum atomic E-state index is -1.03. The number of rotatable bonds is 3. The van der Waals surface area contributed by atoms with E-state index in [-0.39, 0.29) is 11.2 Å². The van der Waals surface area contributed by atoms with Gasteiger partial charge in [-0.3, -0.25) is 4.90 Å². The molecule has 1 saturated heterocycles. The quantitative estimate of drug-likeness (QED) is 0.922. The predicted molar refractivity (Wildman–Crippen MR) is 91.4 cm³/mol. The van der Waals surface area contributed by atoms with Crippen LogP contribution in [0.1, 0.15) is 73.1 Å². The molecule has 0 saturated carbocycles. The Morgan fingerprint density at radius 3 is 2.84 bits per heavy atom. The zero-order valence-corrected chi connectivity index (χ0v) is 14.8. The second kappa shape index (κ2) is 5.66. The van der Waals surface area contributed by atoms with Crippen molar-refractivity contribution < 1.29 is 14.3 Å². The van der Waals surface area contributed by atoms with Crippen LogP contribution in [0, 0.1) is 0 Å². The number of carbonyl (C=O) groups is 1. The topological polar surface area (TPSA) is 79.5 Å². The Kier molecular flexibility index (Phi) is 3.68. The van der Waals surface area contributed by atoms with E-state index in [1.165, 1.54) is 17.3 Å². The zero-order chi connectivity index (χ0) is 17.8. The van der Waals surface area contributed by atoms with E-state index in [1.807, 2.05) is 6.20 Å². The van der Waals surface area contributed by atoms with E-state index in [0.717, 1.165) is 25.1 Å². The number of nitrogens with zero attached hydrogens (tertiary/aromatic N) is 3. The minimum Gasteiger partial charge on any atom is -0.475 e. The smallest absolute Gasteiger partial charge is 0.371 e. The van der Waals surface area contributed by atoms with Gasteiger partial charge in [0.15, 0.2) is 0 Å². The largest absolute Gasteiger partial charge is 0.475 e. The van der Waals surface area contributed by atoms with Gasteiger partial charge in [0, 0.05) is 35.7 Å². The van der Waals surface area contributed by atoms with Crippen LogP contribution in [0.3, 0.4) is 0 Å². The molecule has 1 fully saturated rings. The minimum absolute atomic E-state index is 0.00194. The highest BCUT2D eigenvalue weighted by Crippen LogP contribution is 2.44. The van der Waals surface area contributed by atoms with Gasteiger partial charge in [-0.25, -0.2) is 14.8 Å². The Morgan fingerprint density at radius 2 is 2.16 bits per heavy atom. The summed E-state index contributed by atoms with van der Waals surface area (Å²) in [5, 5.41) is 9.02. The number of hydrogen-bond donors (Lipinski definition) is 1. The normalized spacial score (nSPS) is 22.8. The summed E-state index contributed by atoms with van der Waals surface area (Å²) in [5.74, 6) is 0.570. The van der Waals surface area contributed by atoms with Gasteiger partial charge in [-0.1, -0.05) is 20.8 Å². The fourth-order valence-corrected chi connectivity index (χ4v) is 3.94. The van der Waals surface area contributed by atoms with Crippen LogP contribution in [-0.2, 0) is 18.4 Å². The van der Waals surface area contributed by atoms with Gasteiger partial charge in [0.1, 0.15) is 11.6 Å². The summed E-state index contributed by atoms with van der Waals surface area (Å²) in [6.07, 6.45) is 5.12. The molecule has 2 aliphatic rings. The summed E-state index contributed by atoms with van der Waals surface area (Å²) in [5.41, 5.74) is 2.34. The first-order chi connectivity index (χ1) is 11.8. The second-order valence-corrected chi connectivity index (χ2v) is 8.04. The standard InChI is InChI=1S/C19H23N3O3/c1-19(2,3)18-20-9-13-14(21-18)8-11-4-6-15(13)22(11)10-12-5-7-16(25-12)17(23)24/h5,7,9,11,15H,4,6,8,10H2,1-3H3,(H,23,24). The maximum absolute atomic E-state index is 11.0. The van der Waals surface area contributed by atoms with Gasteiger partial charge >= 0.3 is 5.97 Å². The van der Waals surface area contributed by atoms with Gasteiger partial charge in [-0.05, 0) is 25.0 Å².